The highest BCUT2D eigenvalue weighted by Crippen LogP contribution is 2.44. The molecule has 0 radical (unpaired) electrons. The van der Waals surface area contributed by atoms with Crippen LogP contribution < -0.4 is 19.5 Å². The van der Waals surface area contributed by atoms with Crippen molar-refractivity contribution in [2.24, 2.45) is 0 Å². The van der Waals surface area contributed by atoms with Crippen LogP contribution >= 0.6 is 27.7 Å². The number of rotatable bonds is 8. The fraction of sp³-hybridized carbons (Fsp3) is 0.393. The van der Waals surface area contributed by atoms with Crippen LogP contribution in [0.25, 0.3) is 6.08 Å². The van der Waals surface area contributed by atoms with E-state index in [1.54, 1.807) is 6.08 Å². The summed E-state index contributed by atoms with van der Waals surface area (Å²) in [5, 5.41) is 10.9. The minimum Gasteiger partial charge on any atom is -0.488 e. The molecule has 202 valence electrons. The lowest BCUT2D eigenvalue weighted by Gasteiger charge is -2.38. The zero-order valence-corrected chi connectivity index (χ0v) is 24.1. The molecule has 2 aromatic rings. The van der Waals surface area contributed by atoms with Gasteiger partial charge in [-0.05, 0) is 115 Å². The normalized spacial score (nSPS) is 19.7. The third-order valence-electron chi connectivity index (χ3n) is 6.75. The molecule has 2 aliphatic heterocycles. The van der Waals surface area contributed by atoms with Crippen molar-refractivity contribution in [3.63, 3.8) is 0 Å². The first-order valence-electron chi connectivity index (χ1n) is 12.3. The zero-order chi connectivity index (χ0) is 27.6. The number of esters is 1. The molecule has 8 nitrogen and oxygen atoms in total. The molecule has 38 heavy (non-hydrogen) atoms. The van der Waals surface area contributed by atoms with Gasteiger partial charge in [-0.15, -0.1) is 0 Å². The molecule has 0 spiro atoms. The van der Waals surface area contributed by atoms with Gasteiger partial charge in [-0.25, -0.2) is 0 Å². The Kier molecular flexibility index (Phi) is 8.54. The number of aliphatic hydroxyl groups excluding tert-OH is 1. The molecule has 1 saturated heterocycles. The lowest BCUT2D eigenvalue weighted by Crippen LogP contribution is -2.42. The largest absolute Gasteiger partial charge is 0.488 e. The molecule has 1 atom stereocenters. The smallest absolute Gasteiger partial charge is 0.311 e. The molecular weight excluding hydrogens is 574 g/mol. The minimum absolute atomic E-state index is 0.0521. The zero-order valence-electron chi connectivity index (χ0n) is 21.7. The van der Waals surface area contributed by atoms with Crippen molar-refractivity contribution in [1.29, 1.82) is 0 Å². The summed E-state index contributed by atoms with van der Waals surface area (Å²) < 4.78 is 19.1. The molecule has 2 aliphatic rings. The topological polar surface area (TPSA) is 111 Å². The average Bonchev–Trinajstić information content (AvgIpc) is 3.19. The molecule has 0 bridgehead atoms. The van der Waals surface area contributed by atoms with Gasteiger partial charge >= 0.3 is 5.97 Å². The lowest BCUT2D eigenvalue weighted by atomic mass is 9.87. The van der Waals surface area contributed by atoms with Gasteiger partial charge in [-0.2, -0.15) is 0 Å². The molecule has 2 heterocycles. The van der Waals surface area contributed by atoms with Crippen LogP contribution in [0, 0.1) is 20.8 Å². The quantitative estimate of drug-likeness (QED) is 0.230. The number of nitrogens with one attached hydrogen (secondary N) is 1. The summed E-state index contributed by atoms with van der Waals surface area (Å²) in [5.74, 6) is 1.26. The third-order valence-corrected chi connectivity index (χ3v) is 8.18. The Balaban J connectivity index is 1.47. The number of thioether (sulfide) groups is 1. The number of ether oxygens (including phenoxy) is 3. The number of halogens is 1. The van der Waals surface area contributed by atoms with Gasteiger partial charge in [0.1, 0.15) is 29.5 Å². The summed E-state index contributed by atoms with van der Waals surface area (Å²) in [6, 6.07) is 5.47. The van der Waals surface area contributed by atoms with Crippen molar-refractivity contribution in [3.05, 3.63) is 55.4 Å². The Morgan fingerprint density at radius 1 is 1.24 bits per heavy atom. The highest BCUT2D eigenvalue weighted by atomic mass is 79.9. The van der Waals surface area contributed by atoms with Crippen molar-refractivity contribution in [3.8, 4) is 17.2 Å². The van der Waals surface area contributed by atoms with Crippen LogP contribution in [0.4, 0.5) is 4.79 Å². The van der Waals surface area contributed by atoms with Crippen molar-refractivity contribution in [2.45, 2.75) is 59.0 Å². The molecule has 2 amide bonds. The number of benzene rings is 2. The second kappa shape index (κ2) is 11.5. The molecule has 1 unspecified atom stereocenters. The van der Waals surface area contributed by atoms with E-state index in [2.05, 4.69) is 21.2 Å². The maximum absolute atomic E-state index is 12.2. The standard InChI is InChI=1S/C28H30BrNO7S/c1-15-16(2)25-19(17(3)24(15)36-23(32)6-5-11-31)9-10-28(4,37-25)14-35-21-8-7-18(12-20(21)29)13-22-26(33)30-27(34)38-22/h7-8,12-13,31H,5-6,9-11,14H2,1-4H3,(H,30,33,34)/b22-13-. The summed E-state index contributed by atoms with van der Waals surface area (Å²) in [4.78, 5) is 35.8. The van der Waals surface area contributed by atoms with E-state index < -0.39 is 11.5 Å². The molecule has 2 N–H and O–H groups in total. The van der Waals surface area contributed by atoms with Crippen LogP contribution in [0.15, 0.2) is 27.6 Å². The fourth-order valence-corrected chi connectivity index (χ4v) is 5.64. The second-order valence-electron chi connectivity index (χ2n) is 9.70. The number of hydrogen-bond acceptors (Lipinski definition) is 8. The van der Waals surface area contributed by atoms with E-state index in [0.29, 0.717) is 35.9 Å². The molecule has 10 heteroatoms. The minimum atomic E-state index is -0.574. The highest BCUT2D eigenvalue weighted by molar-refractivity contribution is 9.10. The van der Waals surface area contributed by atoms with Gasteiger partial charge in [0.05, 0.1) is 9.38 Å². The van der Waals surface area contributed by atoms with Gasteiger partial charge < -0.3 is 19.3 Å². The maximum Gasteiger partial charge on any atom is 0.311 e. The number of carbonyl (C=O) groups excluding carboxylic acids is 3. The van der Waals surface area contributed by atoms with Crippen molar-refractivity contribution < 1.29 is 33.7 Å². The van der Waals surface area contributed by atoms with Crippen LogP contribution in [0.2, 0.25) is 0 Å². The first-order valence-corrected chi connectivity index (χ1v) is 13.9. The molecule has 0 aliphatic carbocycles. The number of hydrogen-bond donors (Lipinski definition) is 2. The molecular formula is C28H30BrNO7S. The monoisotopic (exact) mass is 603 g/mol. The predicted molar refractivity (Wildman–Crippen MR) is 149 cm³/mol. The van der Waals surface area contributed by atoms with Gasteiger partial charge in [0.25, 0.3) is 11.1 Å². The summed E-state index contributed by atoms with van der Waals surface area (Å²) in [6.45, 7) is 8.10. The first-order chi connectivity index (χ1) is 18.0. The summed E-state index contributed by atoms with van der Waals surface area (Å²) in [6.07, 6.45) is 3.65. The van der Waals surface area contributed by atoms with Gasteiger partial charge in [-0.1, -0.05) is 6.07 Å². The molecule has 4 rings (SSSR count). The van der Waals surface area contributed by atoms with Crippen LogP contribution in [0.1, 0.15) is 54.0 Å². The Bertz CT molecular complexity index is 1340. The van der Waals surface area contributed by atoms with E-state index in [4.69, 9.17) is 19.3 Å². The van der Waals surface area contributed by atoms with Crippen molar-refractivity contribution >= 4 is 50.9 Å². The number of imide groups is 1. The van der Waals surface area contributed by atoms with E-state index in [1.807, 2.05) is 45.9 Å². The van der Waals surface area contributed by atoms with E-state index in [-0.39, 0.29) is 24.2 Å². The summed E-state index contributed by atoms with van der Waals surface area (Å²) in [7, 11) is 0. The Morgan fingerprint density at radius 2 is 2.00 bits per heavy atom. The molecule has 2 aromatic carbocycles. The van der Waals surface area contributed by atoms with Crippen LogP contribution in [-0.2, 0) is 16.0 Å². The van der Waals surface area contributed by atoms with Gasteiger partial charge in [0.15, 0.2) is 0 Å². The van der Waals surface area contributed by atoms with Crippen LogP contribution in [0.5, 0.6) is 17.2 Å². The van der Waals surface area contributed by atoms with Gasteiger partial charge in [0, 0.05) is 18.6 Å². The van der Waals surface area contributed by atoms with Crippen molar-refractivity contribution in [1.82, 2.24) is 5.32 Å². The summed E-state index contributed by atoms with van der Waals surface area (Å²) >= 11 is 4.42. The molecule has 1 fully saturated rings. The average molecular weight is 605 g/mol. The van der Waals surface area contributed by atoms with E-state index in [0.717, 1.165) is 56.2 Å². The SMILES string of the molecule is Cc1c(C)c2c(c(C)c1OC(=O)CCCO)CCC(C)(COc1ccc(/C=C3\SC(=O)NC3=O)cc1Br)O2. The lowest BCUT2D eigenvalue weighted by molar-refractivity contribution is -0.134. The van der Waals surface area contributed by atoms with Gasteiger partial charge in [0.2, 0.25) is 0 Å². The fourth-order valence-electron chi connectivity index (χ4n) is 4.45. The third kappa shape index (κ3) is 6.08. The number of carbonyl (C=O) groups is 3. The van der Waals surface area contributed by atoms with Gasteiger partial charge in [-0.3, -0.25) is 19.7 Å². The number of aliphatic hydroxyl groups is 1. The second-order valence-corrected chi connectivity index (χ2v) is 11.6. The van der Waals surface area contributed by atoms with Crippen LogP contribution in [0.3, 0.4) is 0 Å². The van der Waals surface area contributed by atoms with Crippen molar-refractivity contribution in [2.75, 3.05) is 13.2 Å². The Morgan fingerprint density at radius 3 is 2.66 bits per heavy atom. The highest BCUT2D eigenvalue weighted by Gasteiger charge is 2.36. The predicted octanol–water partition coefficient (Wildman–Crippen LogP) is 5.54. The van der Waals surface area contributed by atoms with E-state index in [9.17, 15) is 14.4 Å². The Labute approximate surface area is 234 Å². The molecule has 0 aromatic heterocycles. The Hall–Kier alpha value is -2.82. The number of fused-ring (bicyclic) bond motifs is 1. The number of amides is 2. The van der Waals surface area contributed by atoms with Crippen LogP contribution in [-0.4, -0.2) is 41.0 Å². The molecule has 0 saturated carbocycles. The summed E-state index contributed by atoms with van der Waals surface area (Å²) in [5.41, 5.74) is 3.89. The van der Waals surface area contributed by atoms with E-state index >= 15 is 0 Å². The first kappa shape index (κ1) is 28.2. The van der Waals surface area contributed by atoms with E-state index in [1.165, 1.54) is 0 Å². The maximum atomic E-state index is 12.2.